The van der Waals surface area contributed by atoms with Crippen LogP contribution < -0.4 is 9.88 Å². The zero-order chi connectivity index (χ0) is 14.7. The van der Waals surface area contributed by atoms with Crippen molar-refractivity contribution >= 4 is 21.6 Å². The fourth-order valence-electron chi connectivity index (χ4n) is 1.57. The Hall–Kier alpha value is -1.04. The van der Waals surface area contributed by atoms with Crippen LogP contribution in [0.3, 0.4) is 0 Å². The molecule has 0 atom stereocenters. The standard InChI is InChI=1S/C13H18ClNO3S/c1-13(2,3)11-9-10(19(15,16)17)5-6-12(11)18-8-4-7-14/h4-7,9H,8H2,1-3H3,(H2,15,16,17)/b7-4+. The largest absolute Gasteiger partial charge is 0.489 e. The average Bonchev–Trinajstić information content (AvgIpc) is 2.27. The first-order chi connectivity index (χ1) is 8.66. The maximum absolute atomic E-state index is 11.4. The highest BCUT2D eigenvalue weighted by Crippen LogP contribution is 2.33. The van der Waals surface area contributed by atoms with Gasteiger partial charge in [-0.25, -0.2) is 13.6 Å². The molecule has 0 saturated carbocycles. The van der Waals surface area contributed by atoms with Gasteiger partial charge in [0.25, 0.3) is 0 Å². The number of rotatable bonds is 4. The number of sulfonamides is 1. The second kappa shape index (κ2) is 5.94. The van der Waals surface area contributed by atoms with Gasteiger partial charge < -0.3 is 4.74 Å². The Morgan fingerprint density at radius 1 is 1.37 bits per heavy atom. The molecule has 0 aliphatic carbocycles. The molecule has 19 heavy (non-hydrogen) atoms. The van der Waals surface area contributed by atoms with Gasteiger partial charge in [0.15, 0.2) is 0 Å². The van der Waals surface area contributed by atoms with E-state index in [0.717, 1.165) is 5.56 Å². The molecule has 0 bridgehead atoms. The average molecular weight is 304 g/mol. The fraction of sp³-hybridized carbons (Fsp3) is 0.385. The van der Waals surface area contributed by atoms with E-state index in [1.807, 2.05) is 20.8 Å². The molecule has 0 fully saturated rings. The van der Waals surface area contributed by atoms with E-state index in [1.165, 1.54) is 11.6 Å². The van der Waals surface area contributed by atoms with Crippen molar-refractivity contribution in [2.24, 2.45) is 5.14 Å². The second-order valence-corrected chi connectivity index (χ2v) is 6.94. The summed E-state index contributed by atoms with van der Waals surface area (Å²) in [6.07, 6.45) is 1.65. The summed E-state index contributed by atoms with van der Waals surface area (Å²) in [6, 6.07) is 4.60. The summed E-state index contributed by atoms with van der Waals surface area (Å²) in [4.78, 5) is 0.0812. The van der Waals surface area contributed by atoms with Gasteiger partial charge >= 0.3 is 0 Å². The maximum atomic E-state index is 11.4. The highest BCUT2D eigenvalue weighted by molar-refractivity contribution is 7.89. The number of halogens is 1. The van der Waals surface area contributed by atoms with Crippen LogP contribution in [0.1, 0.15) is 26.3 Å². The van der Waals surface area contributed by atoms with Crippen molar-refractivity contribution in [1.29, 1.82) is 0 Å². The molecule has 0 heterocycles. The van der Waals surface area contributed by atoms with Gasteiger partial charge in [0, 0.05) is 11.1 Å². The van der Waals surface area contributed by atoms with Gasteiger partial charge in [-0.2, -0.15) is 0 Å². The Morgan fingerprint density at radius 2 is 2.00 bits per heavy atom. The van der Waals surface area contributed by atoms with E-state index in [9.17, 15) is 8.42 Å². The zero-order valence-electron chi connectivity index (χ0n) is 11.2. The van der Waals surface area contributed by atoms with Gasteiger partial charge in [0.2, 0.25) is 10.0 Å². The minimum absolute atomic E-state index is 0.0812. The lowest BCUT2D eigenvalue weighted by atomic mass is 9.86. The lowest BCUT2D eigenvalue weighted by Crippen LogP contribution is -2.17. The van der Waals surface area contributed by atoms with Crippen LogP contribution in [0.5, 0.6) is 5.75 Å². The summed E-state index contributed by atoms with van der Waals surface area (Å²) in [5.74, 6) is 0.620. The Morgan fingerprint density at radius 3 is 2.47 bits per heavy atom. The Kier molecular flexibility index (Phi) is 5.01. The van der Waals surface area contributed by atoms with Crippen LogP contribution in [0.4, 0.5) is 0 Å². The van der Waals surface area contributed by atoms with Gasteiger partial charge in [-0.05, 0) is 29.7 Å². The molecule has 6 heteroatoms. The summed E-state index contributed by atoms with van der Waals surface area (Å²) >= 11 is 5.43. The normalized spacial score (nSPS) is 12.9. The van der Waals surface area contributed by atoms with Crippen molar-refractivity contribution in [3.8, 4) is 5.75 Å². The molecule has 0 aliphatic heterocycles. The first-order valence-electron chi connectivity index (χ1n) is 5.71. The molecular weight excluding hydrogens is 286 g/mol. The number of ether oxygens (including phenoxy) is 1. The van der Waals surface area contributed by atoms with Gasteiger partial charge in [0.05, 0.1) is 4.90 Å². The Bertz CT molecular complexity index is 574. The first kappa shape index (κ1) is 16.0. The Labute approximate surface area is 119 Å². The van der Waals surface area contributed by atoms with E-state index in [-0.39, 0.29) is 10.3 Å². The van der Waals surface area contributed by atoms with Crippen LogP contribution in [0.25, 0.3) is 0 Å². The van der Waals surface area contributed by atoms with Crippen molar-refractivity contribution in [2.45, 2.75) is 31.1 Å². The van der Waals surface area contributed by atoms with Crippen molar-refractivity contribution in [2.75, 3.05) is 6.61 Å². The van der Waals surface area contributed by atoms with E-state index in [1.54, 1.807) is 18.2 Å². The molecule has 1 aromatic rings. The van der Waals surface area contributed by atoms with Crippen molar-refractivity contribution < 1.29 is 13.2 Å². The maximum Gasteiger partial charge on any atom is 0.238 e. The number of benzene rings is 1. The fourth-order valence-corrected chi connectivity index (χ4v) is 2.18. The molecule has 1 rings (SSSR count). The van der Waals surface area contributed by atoms with Crippen molar-refractivity contribution in [1.82, 2.24) is 0 Å². The van der Waals surface area contributed by atoms with E-state index in [0.29, 0.717) is 12.4 Å². The number of hydrogen-bond donors (Lipinski definition) is 1. The predicted molar refractivity (Wildman–Crippen MR) is 77.0 cm³/mol. The molecule has 4 nitrogen and oxygen atoms in total. The third-order valence-electron chi connectivity index (χ3n) is 2.51. The highest BCUT2D eigenvalue weighted by Gasteiger charge is 2.21. The molecule has 0 spiro atoms. The zero-order valence-corrected chi connectivity index (χ0v) is 12.8. The van der Waals surface area contributed by atoms with Crippen LogP contribution in [0.15, 0.2) is 34.7 Å². The molecule has 0 unspecified atom stereocenters. The van der Waals surface area contributed by atoms with Gasteiger partial charge in [-0.15, -0.1) is 0 Å². The monoisotopic (exact) mass is 303 g/mol. The minimum atomic E-state index is -3.72. The summed E-state index contributed by atoms with van der Waals surface area (Å²) in [6.45, 7) is 6.24. The number of primary sulfonamides is 1. The quantitative estimate of drug-likeness (QED) is 0.930. The van der Waals surface area contributed by atoms with E-state index in [2.05, 4.69) is 0 Å². The summed E-state index contributed by atoms with van der Waals surface area (Å²) in [5.41, 5.74) is 1.89. The SMILES string of the molecule is CC(C)(C)c1cc(S(N)(=O)=O)ccc1OC/C=C/Cl. The summed E-state index contributed by atoms with van der Waals surface area (Å²) in [5, 5.41) is 5.14. The third-order valence-corrected chi connectivity index (χ3v) is 3.60. The molecule has 0 aliphatic rings. The molecule has 1 aromatic carbocycles. The molecule has 2 N–H and O–H groups in total. The number of hydrogen-bond acceptors (Lipinski definition) is 3. The van der Waals surface area contributed by atoms with Crippen LogP contribution in [-0.2, 0) is 15.4 Å². The van der Waals surface area contributed by atoms with E-state index >= 15 is 0 Å². The van der Waals surface area contributed by atoms with Crippen LogP contribution in [-0.4, -0.2) is 15.0 Å². The molecule has 0 aromatic heterocycles. The van der Waals surface area contributed by atoms with Crippen LogP contribution in [0, 0.1) is 0 Å². The van der Waals surface area contributed by atoms with E-state index < -0.39 is 10.0 Å². The molecule has 106 valence electrons. The first-order valence-corrected chi connectivity index (χ1v) is 7.70. The smallest absolute Gasteiger partial charge is 0.238 e. The minimum Gasteiger partial charge on any atom is -0.489 e. The number of nitrogens with two attached hydrogens (primary N) is 1. The summed E-state index contributed by atoms with van der Waals surface area (Å²) in [7, 11) is -3.72. The molecule has 0 amide bonds. The topological polar surface area (TPSA) is 69.4 Å². The molecular formula is C13H18ClNO3S. The van der Waals surface area contributed by atoms with Gasteiger partial charge in [-0.1, -0.05) is 32.4 Å². The van der Waals surface area contributed by atoms with Crippen molar-refractivity contribution in [3.05, 3.63) is 35.4 Å². The third kappa shape index (κ3) is 4.53. The molecule has 0 saturated heterocycles. The lowest BCUT2D eigenvalue weighted by Gasteiger charge is -2.23. The predicted octanol–water partition coefficient (Wildman–Crippen LogP) is 2.76. The van der Waals surface area contributed by atoms with Crippen LogP contribution in [0.2, 0.25) is 0 Å². The van der Waals surface area contributed by atoms with Crippen LogP contribution >= 0.6 is 11.6 Å². The summed E-state index contributed by atoms with van der Waals surface area (Å²) < 4.78 is 28.3. The van der Waals surface area contributed by atoms with Crippen molar-refractivity contribution in [3.63, 3.8) is 0 Å². The second-order valence-electron chi connectivity index (χ2n) is 5.13. The lowest BCUT2D eigenvalue weighted by molar-refractivity contribution is 0.350. The Balaban J connectivity index is 3.25. The van der Waals surface area contributed by atoms with Gasteiger partial charge in [0.1, 0.15) is 12.4 Å². The molecule has 0 radical (unpaired) electrons. The van der Waals surface area contributed by atoms with E-state index in [4.69, 9.17) is 21.5 Å². The highest BCUT2D eigenvalue weighted by atomic mass is 35.5. The van der Waals surface area contributed by atoms with Gasteiger partial charge in [-0.3, -0.25) is 0 Å².